The van der Waals surface area contributed by atoms with Crippen LogP contribution in [0.1, 0.15) is 42.7 Å². The topological polar surface area (TPSA) is 33.1 Å². The van der Waals surface area contributed by atoms with Crippen LogP contribution in [0.25, 0.3) is 0 Å². The highest BCUT2D eigenvalue weighted by molar-refractivity contribution is 5.22. The Kier molecular flexibility index (Phi) is 2.82. The van der Waals surface area contributed by atoms with Gasteiger partial charge in [-0.25, -0.2) is 0 Å². The summed E-state index contributed by atoms with van der Waals surface area (Å²) in [7, 11) is 0. The summed E-state index contributed by atoms with van der Waals surface area (Å²) in [5, 5.41) is 9.89. The Morgan fingerprint density at radius 1 is 1.29 bits per heavy atom. The smallest absolute Gasteiger partial charge is 0.0609 e. The minimum absolute atomic E-state index is 0.160. The number of aryl methyl sites for hydroxylation is 1. The van der Waals surface area contributed by atoms with Crippen LogP contribution in [0, 0.1) is 6.92 Å². The molecule has 1 N–H and O–H groups in total. The molecule has 76 valence electrons. The van der Waals surface area contributed by atoms with Crippen molar-refractivity contribution >= 4 is 0 Å². The lowest BCUT2D eigenvalue weighted by atomic mass is 9.82. The number of hydrogen-bond donors (Lipinski definition) is 1. The average Bonchev–Trinajstić information content (AvgIpc) is 2.18. The highest BCUT2D eigenvalue weighted by atomic mass is 16.3. The Bertz CT molecular complexity index is 311. The second kappa shape index (κ2) is 4.09. The fraction of sp³-hybridized carbons (Fsp3) is 0.583. The monoisotopic (exact) mass is 191 g/mol. The SMILES string of the molecule is Cc1cncc(C2CCCCC2O)c1. The highest BCUT2D eigenvalue weighted by Gasteiger charge is 2.24. The largest absolute Gasteiger partial charge is 0.392 e. The Morgan fingerprint density at radius 2 is 2.07 bits per heavy atom. The standard InChI is InChI=1S/C12H17NO/c1-9-6-10(8-13-7-9)11-4-2-3-5-12(11)14/h6-8,11-12,14H,2-5H2,1H3. The molecule has 2 rings (SSSR count). The van der Waals surface area contributed by atoms with Crippen molar-refractivity contribution in [3.05, 3.63) is 29.6 Å². The molecule has 2 nitrogen and oxygen atoms in total. The molecule has 1 heterocycles. The quantitative estimate of drug-likeness (QED) is 0.739. The molecule has 0 aromatic carbocycles. The van der Waals surface area contributed by atoms with Crippen LogP contribution in [0.2, 0.25) is 0 Å². The molecule has 0 saturated heterocycles. The lowest BCUT2D eigenvalue weighted by molar-refractivity contribution is 0.106. The van der Waals surface area contributed by atoms with E-state index in [4.69, 9.17) is 0 Å². The van der Waals surface area contributed by atoms with Crippen LogP contribution in [0.5, 0.6) is 0 Å². The lowest BCUT2D eigenvalue weighted by Crippen LogP contribution is -2.22. The molecular formula is C12H17NO. The minimum Gasteiger partial charge on any atom is -0.392 e. The molecule has 1 saturated carbocycles. The summed E-state index contributed by atoms with van der Waals surface area (Å²) in [6.45, 7) is 2.05. The number of aliphatic hydroxyl groups is 1. The fourth-order valence-corrected chi connectivity index (χ4v) is 2.28. The molecule has 1 fully saturated rings. The molecule has 2 atom stereocenters. The van der Waals surface area contributed by atoms with Gasteiger partial charge in [0.05, 0.1) is 6.10 Å². The predicted octanol–water partition coefficient (Wildman–Crippen LogP) is 2.41. The molecule has 0 bridgehead atoms. The van der Waals surface area contributed by atoms with E-state index in [1.165, 1.54) is 17.5 Å². The van der Waals surface area contributed by atoms with Crippen LogP contribution < -0.4 is 0 Å². The number of aromatic nitrogens is 1. The van der Waals surface area contributed by atoms with E-state index in [9.17, 15) is 5.11 Å². The molecule has 1 aliphatic rings. The molecule has 2 unspecified atom stereocenters. The zero-order valence-corrected chi connectivity index (χ0v) is 8.61. The third-order valence-electron chi connectivity index (χ3n) is 3.05. The van der Waals surface area contributed by atoms with Gasteiger partial charge in [0.25, 0.3) is 0 Å². The van der Waals surface area contributed by atoms with Gasteiger partial charge in [0, 0.05) is 18.3 Å². The summed E-state index contributed by atoms with van der Waals surface area (Å²) >= 11 is 0. The molecule has 0 spiro atoms. The number of rotatable bonds is 1. The van der Waals surface area contributed by atoms with Gasteiger partial charge < -0.3 is 5.11 Å². The van der Waals surface area contributed by atoms with E-state index >= 15 is 0 Å². The molecule has 2 heteroatoms. The summed E-state index contributed by atoms with van der Waals surface area (Å²) in [4.78, 5) is 4.18. The van der Waals surface area contributed by atoms with Gasteiger partial charge in [0.2, 0.25) is 0 Å². The second-order valence-corrected chi connectivity index (χ2v) is 4.25. The minimum atomic E-state index is -0.160. The van der Waals surface area contributed by atoms with Gasteiger partial charge in [-0.1, -0.05) is 18.9 Å². The van der Waals surface area contributed by atoms with Crippen molar-refractivity contribution in [2.24, 2.45) is 0 Å². The van der Waals surface area contributed by atoms with Crippen LogP contribution >= 0.6 is 0 Å². The maximum absolute atomic E-state index is 9.89. The second-order valence-electron chi connectivity index (χ2n) is 4.25. The van der Waals surface area contributed by atoms with Gasteiger partial charge in [-0.15, -0.1) is 0 Å². The van der Waals surface area contributed by atoms with Crippen molar-refractivity contribution in [2.75, 3.05) is 0 Å². The summed E-state index contributed by atoms with van der Waals surface area (Å²) in [6.07, 6.45) is 8.04. The maximum atomic E-state index is 9.89. The van der Waals surface area contributed by atoms with Crippen molar-refractivity contribution in [1.29, 1.82) is 0 Å². The molecule has 1 aromatic heterocycles. The van der Waals surface area contributed by atoms with E-state index in [0.29, 0.717) is 5.92 Å². The maximum Gasteiger partial charge on any atom is 0.0609 e. The van der Waals surface area contributed by atoms with Crippen molar-refractivity contribution < 1.29 is 5.11 Å². The summed E-state index contributed by atoms with van der Waals surface area (Å²) < 4.78 is 0. The first-order chi connectivity index (χ1) is 6.77. The summed E-state index contributed by atoms with van der Waals surface area (Å²) in [6, 6.07) is 2.15. The summed E-state index contributed by atoms with van der Waals surface area (Å²) in [5.41, 5.74) is 2.39. The molecule has 0 amide bonds. The van der Waals surface area contributed by atoms with Gasteiger partial charge in [-0.05, 0) is 30.9 Å². The van der Waals surface area contributed by atoms with Gasteiger partial charge in [-0.2, -0.15) is 0 Å². The van der Waals surface area contributed by atoms with Crippen LogP contribution in [-0.4, -0.2) is 16.2 Å². The van der Waals surface area contributed by atoms with E-state index in [-0.39, 0.29) is 6.10 Å². The van der Waals surface area contributed by atoms with Crippen LogP contribution in [0.4, 0.5) is 0 Å². The first kappa shape index (κ1) is 9.66. The molecular weight excluding hydrogens is 174 g/mol. The number of hydrogen-bond acceptors (Lipinski definition) is 2. The lowest BCUT2D eigenvalue weighted by Gasteiger charge is -2.27. The first-order valence-corrected chi connectivity index (χ1v) is 5.37. The Hall–Kier alpha value is -0.890. The van der Waals surface area contributed by atoms with Gasteiger partial charge >= 0.3 is 0 Å². The Labute approximate surface area is 85.0 Å². The average molecular weight is 191 g/mol. The third-order valence-corrected chi connectivity index (χ3v) is 3.05. The van der Waals surface area contributed by atoms with E-state index in [1.54, 1.807) is 0 Å². The van der Waals surface area contributed by atoms with Gasteiger partial charge in [0.1, 0.15) is 0 Å². The van der Waals surface area contributed by atoms with Gasteiger partial charge in [0.15, 0.2) is 0 Å². The zero-order chi connectivity index (χ0) is 9.97. The fourth-order valence-electron chi connectivity index (χ4n) is 2.28. The Balaban J connectivity index is 2.20. The van der Waals surface area contributed by atoms with Crippen LogP contribution in [0.3, 0.4) is 0 Å². The van der Waals surface area contributed by atoms with E-state index in [1.807, 2.05) is 19.3 Å². The normalized spacial score (nSPS) is 27.6. The van der Waals surface area contributed by atoms with Gasteiger partial charge in [-0.3, -0.25) is 4.98 Å². The number of nitrogens with zero attached hydrogens (tertiary/aromatic N) is 1. The molecule has 0 aliphatic heterocycles. The Morgan fingerprint density at radius 3 is 2.79 bits per heavy atom. The van der Waals surface area contributed by atoms with Crippen LogP contribution in [0.15, 0.2) is 18.5 Å². The molecule has 1 aliphatic carbocycles. The molecule has 1 aromatic rings. The van der Waals surface area contributed by atoms with Crippen molar-refractivity contribution in [3.63, 3.8) is 0 Å². The van der Waals surface area contributed by atoms with E-state index in [0.717, 1.165) is 19.3 Å². The van der Waals surface area contributed by atoms with E-state index < -0.39 is 0 Å². The number of pyridine rings is 1. The van der Waals surface area contributed by atoms with Crippen molar-refractivity contribution in [2.45, 2.75) is 44.6 Å². The number of aliphatic hydroxyl groups excluding tert-OH is 1. The third kappa shape index (κ3) is 1.95. The van der Waals surface area contributed by atoms with Crippen molar-refractivity contribution in [1.82, 2.24) is 4.98 Å². The predicted molar refractivity (Wildman–Crippen MR) is 56.2 cm³/mol. The highest BCUT2D eigenvalue weighted by Crippen LogP contribution is 2.32. The molecule has 0 radical (unpaired) electrons. The van der Waals surface area contributed by atoms with E-state index in [2.05, 4.69) is 11.1 Å². The van der Waals surface area contributed by atoms with Crippen molar-refractivity contribution in [3.8, 4) is 0 Å². The zero-order valence-electron chi connectivity index (χ0n) is 8.61. The summed E-state index contributed by atoms with van der Waals surface area (Å²) in [5.74, 6) is 0.316. The first-order valence-electron chi connectivity index (χ1n) is 5.37. The molecule has 14 heavy (non-hydrogen) atoms. The van der Waals surface area contributed by atoms with Crippen LogP contribution in [-0.2, 0) is 0 Å².